The molecule has 1 heterocycles. The van der Waals surface area contributed by atoms with E-state index in [1.165, 1.54) is 19.5 Å². The first-order valence-electron chi connectivity index (χ1n) is 5.76. The molecule has 1 fully saturated rings. The molecule has 4 heteroatoms. The fraction of sp³-hybridized carbons (Fsp3) is 0.909. The summed E-state index contributed by atoms with van der Waals surface area (Å²) in [6.07, 6.45) is 3.55. The molecular weight excluding hydrogens is 206 g/mol. The second-order valence-electron chi connectivity index (χ2n) is 4.68. The van der Waals surface area contributed by atoms with Crippen LogP contribution < -0.4 is 5.73 Å². The monoisotopic (exact) mass is 229 g/mol. The summed E-state index contributed by atoms with van der Waals surface area (Å²) in [6.45, 7) is 4.71. The number of nitrogens with two attached hydrogens (primary N) is 1. The van der Waals surface area contributed by atoms with E-state index in [2.05, 4.69) is 23.9 Å². The number of piperidine rings is 1. The van der Waals surface area contributed by atoms with Gasteiger partial charge in [0.1, 0.15) is 0 Å². The van der Waals surface area contributed by atoms with Crippen LogP contribution in [-0.4, -0.2) is 55.1 Å². The fourth-order valence-electron chi connectivity index (χ4n) is 2.05. The Bertz CT molecular complexity index is 198. The van der Waals surface area contributed by atoms with E-state index >= 15 is 0 Å². The number of likely N-dealkylation sites (tertiary alicyclic amines) is 1. The Morgan fingerprint density at radius 2 is 2.00 bits per heavy atom. The molecule has 0 amide bonds. The van der Waals surface area contributed by atoms with Crippen LogP contribution in [-0.2, 0) is 0 Å². The maximum absolute atomic E-state index is 5.66. The number of thiocarbonyl (C=S) groups is 1. The molecule has 3 nitrogen and oxygen atoms in total. The summed E-state index contributed by atoms with van der Waals surface area (Å²) in [4.78, 5) is 5.47. The summed E-state index contributed by atoms with van der Waals surface area (Å²) in [7, 11) is 4.25. The molecule has 88 valence electrons. The second-order valence-corrected chi connectivity index (χ2v) is 5.15. The standard InChI is InChI=1S/C11H23N3S/c1-13(2)6-3-7-14-8-4-10(5-9-14)11(12)15/h10H,3-9H2,1-2H3,(H2,12,15). The van der Waals surface area contributed by atoms with Gasteiger partial charge in [-0.1, -0.05) is 12.2 Å². The van der Waals surface area contributed by atoms with Gasteiger partial charge >= 0.3 is 0 Å². The van der Waals surface area contributed by atoms with Crippen molar-refractivity contribution in [2.24, 2.45) is 11.7 Å². The van der Waals surface area contributed by atoms with Crippen LogP contribution in [0.2, 0.25) is 0 Å². The third-order valence-corrected chi connectivity index (χ3v) is 3.40. The lowest BCUT2D eigenvalue weighted by Crippen LogP contribution is -2.38. The molecular formula is C11H23N3S. The molecule has 0 aromatic rings. The minimum atomic E-state index is 0.491. The zero-order valence-electron chi connectivity index (χ0n) is 9.91. The molecule has 0 saturated carbocycles. The summed E-state index contributed by atoms with van der Waals surface area (Å²) in [5.41, 5.74) is 5.66. The number of hydrogen-bond acceptors (Lipinski definition) is 3. The van der Waals surface area contributed by atoms with Crippen LogP contribution >= 0.6 is 12.2 Å². The van der Waals surface area contributed by atoms with Crippen LogP contribution in [0.5, 0.6) is 0 Å². The van der Waals surface area contributed by atoms with E-state index in [9.17, 15) is 0 Å². The molecule has 1 aliphatic heterocycles. The average Bonchev–Trinajstić information content (AvgIpc) is 2.18. The molecule has 0 spiro atoms. The SMILES string of the molecule is CN(C)CCCN1CCC(C(N)=S)CC1. The minimum absolute atomic E-state index is 0.491. The number of hydrogen-bond donors (Lipinski definition) is 1. The van der Waals surface area contributed by atoms with Crippen molar-refractivity contribution in [2.45, 2.75) is 19.3 Å². The third kappa shape index (κ3) is 4.91. The Balaban J connectivity index is 2.12. The van der Waals surface area contributed by atoms with E-state index in [1.54, 1.807) is 0 Å². The van der Waals surface area contributed by atoms with E-state index in [0.29, 0.717) is 10.9 Å². The molecule has 1 aliphatic rings. The summed E-state index contributed by atoms with van der Waals surface area (Å²) >= 11 is 5.03. The van der Waals surface area contributed by atoms with Crippen LogP contribution in [0, 0.1) is 5.92 Å². The molecule has 1 rings (SSSR count). The molecule has 0 aromatic heterocycles. The van der Waals surface area contributed by atoms with Gasteiger partial charge in [-0.3, -0.25) is 0 Å². The summed E-state index contributed by atoms with van der Waals surface area (Å²) in [5, 5.41) is 0. The Kier molecular flexibility index (Phi) is 5.50. The Labute approximate surface area is 98.6 Å². The van der Waals surface area contributed by atoms with E-state index in [0.717, 1.165) is 25.9 Å². The maximum atomic E-state index is 5.66. The quantitative estimate of drug-likeness (QED) is 0.711. The Hall–Kier alpha value is -0.190. The van der Waals surface area contributed by atoms with E-state index in [4.69, 9.17) is 18.0 Å². The van der Waals surface area contributed by atoms with Gasteiger partial charge < -0.3 is 15.5 Å². The normalized spacial score (nSPS) is 19.7. The highest BCUT2D eigenvalue weighted by molar-refractivity contribution is 7.80. The van der Waals surface area contributed by atoms with Crippen LogP contribution in [0.15, 0.2) is 0 Å². The first-order chi connectivity index (χ1) is 7.09. The number of rotatable bonds is 5. The van der Waals surface area contributed by atoms with Crippen LogP contribution in [0.25, 0.3) is 0 Å². The van der Waals surface area contributed by atoms with E-state index in [1.807, 2.05) is 0 Å². The molecule has 2 N–H and O–H groups in total. The van der Waals surface area contributed by atoms with Crippen molar-refractivity contribution in [1.82, 2.24) is 9.80 Å². The van der Waals surface area contributed by atoms with Gasteiger partial charge in [0.2, 0.25) is 0 Å². The molecule has 0 aromatic carbocycles. The summed E-state index contributed by atoms with van der Waals surface area (Å²) in [6, 6.07) is 0. The van der Waals surface area contributed by atoms with Gasteiger partial charge in [0.15, 0.2) is 0 Å². The second kappa shape index (κ2) is 6.40. The molecule has 15 heavy (non-hydrogen) atoms. The van der Waals surface area contributed by atoms with Gasteiger partial charge in [-0.05, 0) is 59.5 Å². The smallest absolute Gasteiger partial charge is 0.0759 e. The first kappa shape index (κ1) is 12.9. The van der Waals surface area contributed by atoms with Crippen LogP contribution in [0.1, 0.15) is 19.3 Å². The Morgan fingerprint density at radius 3 is 2.47 bits per heavy atom. The predicted molar refractivity (Wildman–Crippen MR) is 69.1 cm³/mol. The van der Waals surface area contributed by atoms with Crippen molar-refractivity contribution in [3.63, 3.8) is 0 Å². The highest BCUT2D eigenvalue weighted by Crippen LogP contribution is 2.17. The van der Waals surface area contributed by atoms with Gasteiger partial charge in [-0.15, -0.1) is 0 Å². The Morgan fingerprint density at radius 1 is 1.40 bits per heavy atom. The molecule has 0 radical (unpaired) electrons. The van der Waals surface area contributed by atoms with Gasteiger partial charge in [0, 0.05) is 5.92 Å². The maximum Gasteiger partial charge on any atom is 0.0759 e. The largest absolute Gasteiger partial charge is 0.393 e. The summed E-state index contributed by atoms with van der Waals surface area (Å²) < 4.78 is 0. The van der Waals surface area contributed by atoms with Crippen molar-refractivity contribution >= 4 is 17.2 Å². The van der Waals surface area contributed by atoms with Gasteiger partial charge in [0.25, 0.3) is 0 Å². The molecule has 0 unspecified atom stereocenters. The van der Waals surface area contributed by atoms with Crippen molar-refractivity contribution in [3.8, 4) is 0 Å². The molecule has 0 aliphatic carbocycles. The van der Waals surface area contributed by atoms with Crippen LogP contribution in [0.3, 0.4) is 0 Å². The lowest BCUT2D eigenvalue weighted by molar-refractivity contribution is 0.200. The van der Waals surface area contributed by atoms with E-state index < -0.39 is 0 Å². The minimum Gasteiger partial charge on any atom is -0.393 e. The zero-order valence-corrected chi connectivity index (χ0v) is 10.7. The van der Waals surface area contributed by atoms with Gasteiger partial charge in [-0.2, -0.15) is 0 Å². The third-order valence-electron chi connectivity index (χ3n) is 3.07. The van der Waals surface area contributed by atoms with Crippen molar-refractivity contribution in [1.29, 1.82) is 0 Å². The molecule has 1 saturated heterocycles. The van der Waals surface area contributed by atoms with Crippen molar-refractivity contribution < 1.29 is 0 Å². The van der Waals surface area contributed by atoms with E-state index in [-0.39, 0.29) is 0 Å². The predicted octanol–water partition coefficient (Wildman–Crippen LogP) is 0.936. The molecule has 0 bridgehead atoms. The van der Waals surface area contributed by atoms with Crippen LogP contribution in [0.4, 0.5) is 0 Å². The van der Waals surface area contributed by atoms with Crippen molar-refractivity contribution in [3.05, 3.63) is 0 Å². The fourth-order valence-corrected chi connectivity index (χ4v) is 2.29. The average molecular weight is 229 g/mol. The lowest BCUT2D eigenvalue weighted by Gasteiger charge is -2.31. The summed E-state index contributed by atoms with van der Waals surface area (Å²) in [5.74, 6) is 0.491. The topological polar surface area (TPSA) is 32.5 Å². The number of nitrogens with zero attached hydrogens (tertiary/aromatic N) is 2. The van der Waals surface area contributed by atoms with Gasteiger partial charge in [0.05, 0.1) is 4.99 Å². The zero-order chi connectivity index (χ0) is 11.3. The van der Waals surface area contributed by atoms with Gasteiger partial charge in [-0.25, -0.2) is 0 Å². The highest BCUT2D eigenvalue weighted by Gasteiger charge is 2.20. The first-order valence-corrected chi connectivity index (χ1v) is 6.17. The highest BCUT2D eigenvalue weighted by atomic mass is 32.1. The van der Waals surface area contributed by atoms with Crippen molar-refractivity contribution in [2.75, 3.05) is 40.3 Å². The lowest BCUT2D eigenvalue weighted by atomic mass is 9.97. The molecule has 0 atom stereocenters.